The van der Waals surface area contributed by atoms with Crippen LogP contribution in [-0.2, 0) is 0 Å². The first-order valence-corrected chi connectivity index (χ1v) is 8.31. The van der Waals surface area contributed by atoms with Gasteiger partial charge in [0.1, 0.15) is 0 Å². The Balaban J connectivity index is 0.00000264. The fourth-order valence-corrected chi connectivity index (χ4v) is 3.43. The van der Waals surface area contributed by atoms with E-state index < -0.39 is 0 Å². The number of rotatable bonds is 3. The Morgan fingerprint density at radius 3 is 2.77 bits per heavy atom. The van der Waals surface area contributed by atoms with Crippen LogP contribution in [0.3, 0.4) is 0 Å². The molecule has 0 aromatic carbocycles. The van der Waals surface area contributed by atoms with Gasteiger partial charge in [0.25, 0.3) is 0 Å². The van der Waals surface area contributed by atoms with Gasteiger partial charge in [0, 0.05) is 13.3 Å². The quantitative estimate of drug-likeness (QED) is 0.559. The molecule has 0 heterocycles. The van der Waals surface area contributed by atoms with Crippen molar-refractivity contribution < 1.29 is 1.43 Å². The molecule has 0 saturated heterocycles. The van der Waals surface area contributed by atoms with Crippen molar-refractivity contribution in [3.63, 3.8) is 0 Å². The van der Waals surface area contributed by atoms with Crippen LogP contribution in [0.15, 0.2) is 63.2 Å². The number of aliphatic imine (C=N–C) groups is 1. The molecule has 0 N–H and O–H groups in total. The second kappa shape index (κ2) is 7.09. The van der Waals surface area contributed by atoms with Crippen molar-refractivity contribution in [2.75, 3.05) is 7.05 Å². The SMILES string of the molecule is CN=C/C=C1C=C/C(=C(C)\C=C\C2=C(C)CCCC2(C)C)C\1.[H+]. The molecule has 2 aliphatic rings. The first-order chi connectivity index (χ1) is 10.4. The molecular weight excluding hydrogens is 266 g/mol. The predicted molar refractivity (Wildman–Crippen MR) is 99.5 cm³/mol. The average Bonchev–Trinajstić information content (AvgIpc) is 2.92. The number of allylic oxidation sites excluding steroid dienone is 10. The highest BCUT2D eigenvalue weighted by atomic mass is 14.6. The molecule has 0 aromatic rings. The van der Waals surface area contributed by atoms with E-state index in [1.165, 1.54) is 41.6 Å². The molecule has 0 saturated carbocycles. The van der Waals surface area contributed by atoms with Crippen LogP contribution in [0, 0.1) is 5.41 Å². The fourth-order valence-electron chi connectivity index (χ4n) is 3.43. The van der Waals surface area contributed by atoms with Crippen molar-refractivity contribution in [1.82, 2.24) is 0 Å². The van der Waals surface area contributed by atoms with Crippen molar-refractivity contribution in [2.45, 2.75) is 53.4 Å². The highest BCUT2D eigenvalue weighted by Crippen LogP contribution is 2.41. The molecule has 2 aliphatic carbocycles. The number of nitrogens with zero attached hydrogens (tertiary/aromatic N) is 1. The molecule has 1 heteroatoms. The Bertz CT molecular complexity index is 610. The normalized spacial score (nSPS) is 26.0. The third kappa shape index (κ3) is 3.97. The summed E-state index contributed by atoms with van der Waals surface area (Å²) in [6.45, 7) is 9.26. The smallest absolute Gasteiger partial charge is 0.297 e. The summed E-state index contributed by atoms with van der Waals surface area (Å²) in [5.41, 5.74) is 7.54. The van der Waals surface area contributed by atoms with Crippen LogP contribution in [0.5, 0.6) is 0 Å². The fraction of sp³-hybridized carbons (Fsp3) is 0.476. The average molecular weight is 296 g/mol. The van der Waals surface area contributed by atoms with Gasteiger partial charge in [-0.1, -0.05) is 43.7 Å². The molecule has 22 heavy (non-hydrogen) atoms. The van der Waals surface area contributed by atoms with Gasteiger partial charge in [-0.05, 0) is 73.3 Å². The van der Waals surface area contributed by atoms with E-state index in [0.29, 0.717) is 5.41 Å². The van der Waals surface area contributed by atoms with Crippen molar-refractivity contribution >= 4 is 6.21 Å². The highest BCUT2D eigenvalue weighted by molar-refractivity contribution is 5.73. The van der Waals surface area contributed by atoms with Crippen molar-refractivity contribution in [3.8, 4) is 0 Å². The molecule has 118 valence electrons. The van der Waals surface area contributed by atoms with Gasteiger partial charge in [0.2, 0.25) is 0 Å². The highest BCUT2D eigenvalue weighted by Gasteiger charge is 2.26. The van der Waals surface area contributed by atoms with Crippen LogP contribution in [0.25, 0.3) is 0 Å². The van der Waals surface area contributed by atoms with Crippen LogP contribution in [0.4, 0.5) is 0 Å². The van der Waals surface area contributed by atoms with E-state index in [9.17, 15) is 0 Å². The zero-order chi connectivity index (χ0) is 16.2. The molecular formula is C21H30N+. The second-order valence-corrected chi connectivity index (χ2v) is 7.13. The summed E-state index contributed by atoms with van der Waals surface area (Å²) in [7, 11) is 1.81. The maximum atomic E-state index is 4.02. The lowest BCUT2D eigenvalue weighted by Gasteiger charge is -2.33. The van der Waals surface area contributed by atoms with Gasteiger partial charge >= 0.3 is 1.43 Å². The van der Waals surface area contributed by atoms with Crippen molar-refractivity contribution in [1.29, 1.82) is 0 Å². The Labute approximate surface area is 137 Å². The summed E-state index contributed by atoms with van der Waals surface area (Å²) in [5, 5.41) is 0. The molecule has 0 amide bonds. The van der Waals surface area contributed by atoms with Gasteiger partial charge in [-0.15, -0.1) is 0 Å². The monoisotopic (exact) mass is 296 g/mol. The van der Waals surface area contributed by atoms with Gasteiger partial charge in [0.05, 0.1) is 0 Å². The zero-order valence-corrected chi connectivity index (χ0v) is 14.7. The molecule has 0 fully saturated rings. The van der Waals surface area contributed by atoms with Crippen molar-refractivity contribution in [3.05, 3.63) is 58.2 Å². The summed E-state index contributed by atoms with van der Waals surface area (Å²) < 4.78 is 0. The van der Waals surface area contributed by atoms with Gasteiger partial charge < -0.3 is 0 Å². The zero-order valence-electron chi connectivity index (χ0n) is 15.7. The first-order valence-electron chi connectivity index (χ1n) is 8.31. The van der Waals surface area contributed by atoms with Gasteiger partial charge in [0.15, 0.2) is 0 Å². The second-order valence-electron chi connectivity index (χ2n) is 7.13. The largest absolute Gasteiger partial charge is 1.00 e. The number of hydrogen-bond donors (Lipinski definition) is 0. The van der Waals surface area contributed by atoms with Crippen LogP contribution >= 0.6 is 0 Å². The summed E-state index contributed by atoms with van der Waals surface area (Å²) in [6.07, 6.45) is 18.0. The Morgan fingerprint density at radius 2 is 2.09 bits per heavy atom. The minimum absolute atomic E-state index is 0. The van der Waals surface area contributed by atoms with Crippen molar-refractivity contribution in [2.24, 2.45) is 10.4 Å². The molecule has 2 rings (SSSR count). The van der Waals surface area contributed by atoms with Gasteiger partial charge in [-0.25, -0.2) is 0 Å². The van der Waals surface area contributed by atoms with Gasteiger partial charge in [-0.3, -0.25) is 4.99 Å². The molecule has 0 spiro atoms. The molecule has 0 aliphatic heterocycles. The van der Waals surface area contributed by atoms with Crippen LogP contribution < -0.4 is 0 Å². The standard InChI is InChI=1S/C21H29N/c1-16(19-10-9-18(15-19)12-14-22-5)8-11-20-17(2)7-6-13-21(20,3)4/h8-12,14H,6-7,13,15H2,1-5H3/p+1/b11-8+,18-12+,19-16+,22-14?. The van der Waals surface area contributed by atoms with E-state index in [4.69, 9.17) is 0 Å². The Hall–Kier alpha value is -1.63. The molecule has 0 unspecified atom stereocenters. The number of hydrogen-bond acceptors (Lipinski definition) is 1. The summed E-state index contributed by atoms with van der Waals surface area (Å²) >= 11 is 0. The Kier molecular flexibility index (Phi) is 5.39. The van der Waals surface area contributed by atoms with E-state index in [1.54, 1.807) is 5.57 Å². The summed E-state index contributed by atoms with van der Waals surface area (Å²) in [4.78, 5) is 4.02. The molecule has 1 nitrogen and oxygen atoms in total. The van der Waals surface area contributed by atoms with E-state index in [1.807, 2.05) is 13.3 Å². The lowest BCUT2D eigenvalue weighted by molar-refractivity contribution is 0.377. The van der Waals surface area contributed by atoms with E-state index in [-0.39, 0.29) is 1.43 Å². The van der Waals surface area contributed by atoms with E-state index in [2.05, 4.69) is 63.1 Å². The van der Waals surface area contributed by atoms with Crippen LogP contribution in [0.2, 0.25) is 0 Å². The summed E-state index contributed by atoms with van der Waals surface area (Å²) in [6, 6.07) is 0. The molecule has 0 bridgehead atoms. The maximum absolute atomic E-state index is 4.02. The minimum atomic E-state index is 0. The van der Waals surface area contributed by atoms with Gasteiger partial charge in [-0.2, -0.15) is 0 Å². The minimum Gasteiger partial charge on any atom is -0.297 e. The Morgan fingerprint density at radius 1 is 1.32 bits per heavy atom. The summed E-state index contributed by atoms with van der Waals surface area (Å²) in [5.74, 6) is 0. The molecule has 0 atom stereocenters. The molecule has 0 radical (unpaired) electrons. The van der Waals surface area contributed by atoms with E-state index in [0.717, 1.165) is 6.42 Å². The third-order valence-electron chi connectivity index (χ3n) is 4.88. The predicted octanol–water partition coefficient (Wildman–Crippen LogP) is 6.09. The maximum Gasteiger partial charge on any atom is 1.00 e. The topological polar surface area (TPSA) is 12.4 Å². The molecule has 0 aromatic heterocycles. The van der Waals surface area contributed by atoms with E-state index >= 15 is 0 Å². The lowest BCUT2D eigenvalue weighted by atomic mass is 9.72. The van der Waals surface area contributed by atoms with Crippen LogP contribution in [-0.4, -0.2) is 13.3 Å². The lowest BCUT2D eigenvalue weighted by Crippen LogP contribution is -2.19. The third-order valence-corrected chi connectivity index (χ3v) is 4.88. The first kappa shape index (κ1) is 16.7. The van der Waals surface area contributed by atoms with Crippen LogP contribution in [0.1, 0.15) is 54.8 Å².